The molecule has 50 heavy (non-hydrogen) atoms. The lowest BCUT2D eigenvalue weighted by Crippen LogP contribution is -2.59. The Morgan fingerprint density at radius 1 is 0.680 bits per heavy atom. The third kappa shape index (κ3) is 17.3. The highest BCUT2D eigenvalue weighted by Crippen LogP contribution is 2.12. The molecular formula is C33H53N9O8. The van der Waals surface area contributed by atoms with Crippen LogP contribution in [0, 0.1) is 11.8 Å². The van der Waals surface area contributed by atoms with E-state index in [-0.39, 0.29) is 56.4 Å². The van der Waals surface area contributed by atoms with E-state index >= 15 is 0 Å². The molecule has 0 fully saturated rings. The van der Waals surface area contributed by atoms with Crippen molar-refractivity contribution in [1.82, 2.24) is 26.6 Å². The molecule has 0 aliphatic heterocycles. The molecule has 0 saturated carbocycles. The first-order chi connectivity index (χ1) is 23.4. The molecular weight excluding hydrogens is 650 g/mol. The van der Waals surface area contributed by atoms with Crippen molar-refractivity contribution < 1.29 is 38.7 Å². The Hall–Kier alpha value is -5.22. The van der Waals surface area contributed by atoms with Crippen LogP contribution in [0.5, 0.6) is 0 Å². The molecule has 0 aliphatic rings. The van der Waals surface area contributed by atoms with Gasteiger partial charge in [-0.05, 0) is 43.1 Å². The topological polar surface area (TPSA) is 290 Å². The van der Waals surface area contributed by atoms with Crippen molar-refractivity contribution >= 4 is 47.4 Å². The van der Waals surface area contributed by atoms with Gasteiger partial charge < -0.3 is 48.9 Å². The first-order valence-electron chi connectivity index (χ1n) is 16.5. The molecule has 278 valence electrons. The highest BCUT2D eigenvalue weighted by molar-refractivity contribution is 5.96. The van der Waals surface area contributed by atoms with Crippen molar-refractivity contribution in [3.05, 3.63) is 35.9 Å². The molecule has 0 unspecified atom stereocenters. The maximum absolute atomic E-state index is 13.7. The summed E-state index contributed by atoms with van der Waals surface area (Å²) >= 11 is 0. The zero-order valence-corrected chi connectivity index (χ0v) is 29.4. The number of nitrogens with two attached hydrogens (primary N) is 3. The lowest BCUT2D eigenvalue weighted by molar-refractivity contribution is -0.143. The summed E-state index contributed by atoms with van der Waals surface area (Å²) in [6, 6.07) is 2.86. The number of carboxylic acids is 1. The Labute approximate surface area is 292 Å². The maximum Gasteiger partial charge on any atom is 0.326 e. The molecule has 0 saturated heterocycles. The molecule has 0 spiro atoms. The van der Waals surface area contributed by atoms with Crippen LogP contribution in [0.25, 0.3) is 0 Å². The number of aliphatic carboxylic acids is 1. The number of nitrogens with one attached hydrogen (secondary N) is 5. The van der Waals surface area contributed by atoms with Crippen molar-refractivity contribution in [1.29, 1.82) is 0 Å². The Bertz CT molecular complexity index is 1350. The molecule has 5 atom stereocenters. The number of guanidine groups is 1. The molecule has 12 N–H and O–H groups in total. The van der Waals surface area contributed by atoms with E-state index in [1.807, 2.05) is 45.9 Å². The van der Waals surface area contributed by atoms with Gasteiger partial charge in [-0.2, -0.15) is 0 Å². The van der Waals surface area contributed by atoms with E-state index < -0.39 is 78.0 Å². The Morgan fingerprint density at radius 2 is 1.14 bits per heavy atom. The van der Waals surface area contributed by atoms with E-state index in [9.17, 15) is 38.7 Å². The van der Waals surface area contributed by atoms with Gasteiger partial charge in [0.1, 0.15) is 30.2 Å². The lowest BCUT2D eigenvalue weighted by atomic mass is 9.98. The van der Waals surface area contributed by atoms with Crippen molar-refractivity contribution in [2.24, 2.45) is 34.0 Å². The number of carboxylic acid groups (broad SMARTS) is 1. The Morgan fingerprint density at radius 3 is 1.58 bits per heavy atom. The molecule has 0 aliphatic carbocycles. The third-order valence-corrected chi connectivity index (χ3v) is 7.25. The fourth-order valence-electron chi connectivity index (χ4n) is 4.97. The third-order valence-electron chi connectivity index (χ3n) is 7.25. The van der Waals surface area contributed by atoms with Gasteiger partial charge in [-0.15, -0.1) is 0 Å². The normalized spacial score (nSPS) is 13.9. The zero-order valence-electron chi connectivity index (χ0n) is 29.4. The van der Waals surface area contributed by atoms with Gasteiger partial charge in [0.05, 0.1) is 6.42 Å². The van der Waals surface area contributed by atoms with Crippen LogP contribution in [0.3, 0.4) is 0 Å². The van der Waals surface area contributed by atoms with Crippen LogP contribution in [0.2, 0.25) is 0 Å². The molecule has 6 amide bonds. The molecule has 0 aromatic heterocycles. The summed E-state index contributed by atoms with van der Waals surface area (Å²) in [6.07, 6.45) is 0.0140. The number of hydrogen-bond donors (Lipinski definition) is 9. The monoisotopic (exact) mass is 703 g/mol. The summed E-state index contributed by atoms with van der Waals surface area (Å²) in [7, 11) is 0. The molecule has 17 heteroatoms. The van der Waals surface area contributed by atoms with Gasteiger partial charge >= 0.3 is 5.97 Å². The van der Waals surface area contributed by atoms with E-state index in [4.69, 9.17) is 17.2 Å². The second-order valence-electron chi connectivity index (χ2n) is 12.9. The van der Waals surface area contributed by atoms with E-state index in [0.29, 0.717) is 0 Å². The smallest absolute Gasteiger partial charge is 0.326 e. The number of rotatable bonds is 22. The second kappa shape index (κ2) is 21.7. The van der Waals surface area contributed by atoms with Crippen LogP contribution in [0.4, 0.5) is 0 Å². The van der Waals surface area contributed by atoms with E-state index in [1.165, 1.54) is 6.92 Å². The molecule has 1 aromatic rings. The van der Waals surface area contributed by atoms with Crippen LogP contribution < -0.4 is 43.8 Å². The van der Waals surface area contributed by atoms with Crippen molar-refractivity contribution in [2.45, 2.75) is 103 Å². The molecule has 0 bridgehead atoms. The fourth-order valence-corrected chi connectivity index (χ4v) is 4.97. The Kier molecular flexibility index (Phi) is 18.6. The molecule has 1 rings (SSSR count). The number of nitrogens with zero attached hydrogens (tertiary/aromatic N) is 1. The van der Waals surface area contributed by atoms with Crippen LogP contribution in [0.1, 0.15) is 72.3 Å². The van der Waals surface area contributed by atoms with Crippen molar-refractivity contribution in [3.8, 4) is 0 Å². The first-order valence-corrected chi connectivity index (χ1v) is 16.5. The predicted molar refractivity (Wildman–Crippen MR) is 186 cm³/mol. The lowest BCUT2D eigenvalue weighted by Gasteiger charge is -2.28. The zero-order chi connectivity index (χ0) is 38.0. The molecule has 1 aromatic carbocycles. The summed E-state index contributed by atoms with van der Waals surface area (Å²) in [5.41, 5.74) is 16.7. The fraction of sp³-hybridized carbons (Fsp3) is 0.576. The van der Waals surface area contributed by atoms with Crippen LogP contribution >= 0.6 is 0 Å². The van der Waals surface area contributed by atoms with Gasteiger partial charge in [-0.25, -0.2) is 4.79 Å². The summed E-state index contributed by atoms with van der Waals surface area (Å²) < 4.78 is 0. The van der Waals surface area contributed by atoms with Crippen molar-refractivity contribution in [3.63, 3.8) is 0 Å². The number of carbonyl (C=O) groups is 7. The average Bonchev–Trinajstić information content (AvgIpc) is 3.00. The van der Waals surface area contributed by atoms with E-state index in [1.54, 1.807) is 12.1 Å². The number of primary amides is 1. The van der Waals surface area contributed by atoms with Gasteiger partial charge in [-0.3, -0.25) is 33.8 Å². The highest BCUT2D eigenvalue weighted by atomic mass is 16.4. The van der Waals surface area contributed by atoms with Crippen LogP contribution in [0.15, 0.2) is 35.3 Å². The molecule has 17 nitrogen and oxygen atoms in total. The number of carbonyl (C=O) groups excluding carboxylic acids is 6. The standard InChI is InChI=1S/C33H53N9O8/c1-18(2)14-23(29(46)39-22(12-9-13-37-33(35)36)28(45)42-26(32(49)50)17-27(34)44)40-30(47)24(15-19(3)4)41-31(48)25(38-20(5)43)16-21-10-7-6-8-11-21/h6-8,10-11,18-19,22-26H,9,12-17H2,1-5H3,(H2,34,44)(H,38,43)(H,39,46)(H,40,47)(H,41,48)(H,42,45)(H,49,50)(H4,35,36,37)/t22-,23-,24-,25-,26-/m0/s1. The van der Waals surface area contributed by atoms with E-state index in [0.717, 1.165) is 5.56 Å². The van der Waals surface area contributed by atoms with E-state index in [2.05, 4.69) is 31.6 Å². The molecule has 0 heterocycles. The van der Waals surface area contributed by atoms with Gasteiger partial charge in [0.15, 0.2) is 5.96 Å². The quantitative estimate of drug-likeness (QED) is 0.0394. The largest absolute Gasteiger partial charge is 0.480 e. The van der Waals surface area contributed by atoms with Gasteiger partial charge in [0, 0.05) is 19.9 Å². The summed E-state index contributed by atoms with van der Waals surface area (Å²) in [5, 5.41) is 22.3. The SMILES string of the molecule is CC(=O)N[C@@H](Cc1ccccc1)C(=O)N[C@@H](CC(C)C)C(=O)N[C@@H](CC(C)C)C(=O)N[C@@H](CCCN=C(N)N)C(=O)N[C@@H](CC(N)=O)C(=O)O. The maximum atomic E-state index is 13.7. The number of benzene rings is 1. The van der Waals surface area contributed by atoms with Crippen LogP contribution in [-0.2, 0) is 40.0 Å². The Balaban J connectivity index is 3.27. The molecule has 0 radical (unpaired) electrons. The summed E-state index contributed by atoms with van der Waals surface area (Å²) in [6.45, 7) is 8.73. The van der Waals surface area contributed by atoms with Gasteiger partial charge in [0.25, 0.3) is 0 Å². The minimum atomic E-state index is -1.65. The van der Waals surface area contributed by atoms with Gasteiger partial charge in [-0.1, -0.05) is 58.0 Å². The number of aliphatic imine (C=N–C) groups is 1. The highest BCUT2D eigenvalue weighted by Gasteiger charge is 2.33. The van der Waals surface area contributed by atoms with Crippen LogP contribution in [-0.4, -0.2) is 89.2 Å². The van der Waals surface area contributed by atoms with Crippen molar-refractivity contribution in [2.75, 3.05) is 6.54 Å². The minimum absolute atomic E-state index is 0.0302. The first kappa shape index (κ1) is 42.8. The minimum Gasteiger partial charge on any atom is -0.480 e. The number of hydrogen-bond acceptors (Lipinski definition) is 8. The predicted octanol–water partition coefficient (Wildman–Crippen LogP) is -1.22. The summed E-state index contributed by atoms with van der Waals surface area (Å²) in [5.74, 6) is -6.14. The second-order valence-corrected chi connectivity index (χ2v) is 12.9. The number of amides is 6. The van der Waals surface area contributed by atoms with Gasteiger partial charge in [0.2, 0.25) is 35.4 Å². The average molecular weight is 704 g/mol. The summed E-state index contributed by atoms with van der Waals surface area (Å²) in [4.78, 5) is 92.9.